The first kappa shape index (κ1) is 16.7. The Labute approximate surface area is 133 Å². The molecule has 1 aromatic heterocycles. The Bertz CT molecular complexity index is 784. The molecule has 2 rings (SSSR count). The summed E-state index contributed by atoms with van der Waals surface area (Å²) in [5.41, 5.74) is 0.762. The second-order valence-electron chi connectivity index (χ2n) is 5.52. The molecule has 2 aromatic rings. The molecule has 1 heterocycles. The van der Waals surface area contributed by atoms with Crippen LogP contribution in [0.4, 0.5) is 5.69 Å². The number of aromatic nitrogens is 2. The number of nitrogens with zero attached hydrogens (tertiary/aromatic N) is 1. The van der Waals surface area contributed by atoms with Crippen LogP contribution in [0.5, 0.6) is 0 Å². The standard InChI is InChI=1S/C16H20N4O3/c1-4-9(2)14(19-10(3)21)16(23)20-11-5-6-13-12(7-11)15(22)18-8-17-13/h5-9,14H,4H2,1-3H3,(H,19,21)(H,20,23)(H,17,18,22)/t9-,14-/m0/s1. The number of nitrogens with one attached hydrogen (secondary N) is 3. The lowest BCUT2D eigenvalue weighted by Gasteiger charge is -2.22. The van der Waals surface area contributed by atoms with Crippen LogP contribution < -0.4 is 16.2 Å². The Morgan fingerprint density at radius 2 is 2.09 bits per heavy atom. The predicted molar refractivity (Wildman–Crippen MR) is 88.1 cm³/mol. The number of fused-ring (bicyclic) bond motifs is 1. The summed E-state index contributed by atoms with van der Waals surface area (Å²) >= 11 is 0. The zero-order valence-corrected chi connectivity index (χ0v) is 13.3. The van der Waals surface area contributed by atoms with E-state index in [1.807, 2.05) is 13.8 Å². The Kier molecular flexibility index (Phi) is 5.10. The minimum atomic E-state index is -0.625. The van der Waals surface area contributed by atoms with E-state index in [1.54, 1.807) is 18.2 Å². The maximum Gasteiger partial charge on any atom is 0.258 e. The number of aromatic amines is 1. The second-order valence-corrected chi connectivity index (χ2v) is 5.52. The molecule has 0 aliphatic carbocycles. The summed E-state index contributed by atoms with van der Waals surface area (Å²) in [6, 6.07) is 4.28. The summed E-state index contributed by atoms with van der Waals surface area (Å²) in [5.74, 6) is -0.580. The van der Waals surface area contributed by atoms with Gasteiger partial charge in [-0.3, -0.25) is 14.4 Å². The Morgan fingerprint density at radius 1 is 1.35 bits per heavy atom. The number of H-pyrrole nitrogens is 1. The molecule has 7 heteroatoms. The third-order valence-corrected chi connectivity index (χ3v) is 3.76. The molecule has 7 nitrogen and oxygen atoms in total. The average molecular weight is 316 g/mol. The molecule has 3 N–H and O–H groups in total. The van der Waals surface area contributed by atoms with Crippen molar-refractivity contribution in [2.75, 3.05) is 5.32 Å². The van der Waals surface area contributed by atoms with Crippen molar-refractivity contribution in [1.82, 2.24) is 15.3 Å². The van der Waals surface area contributed by atoms with E-state index < -0.39 is 6.04 Å². The fourth-order valence-corrected chi connectivity index (χ4v) is 2.29. The van der Waals surface area contributed by atoms with E-state index in [1.165, 1.54) is 13.3 Å². The van der Waals surface area contributed by atoms with Crippen molar-refractivity contribution in [1.29, 1.82) is 0 Å². The van der Waals surface area contributed by atoms with Gasteiger partial charge in [0.2, 0.25) is 11.8 Å². The van der Waals surface area contributed by atoms with Crippen molar-refractivity contribution in [3.8, 4) is 0 Å². The van der Waals surface area contributed by atoms with Gasteiger partial charge >= 0.3 is 0 Å². The molecule has 23 heavy (non-hydrogen) atoms. The van der Waals surface area contributed by atoms with E-state index in [4.69, 9.17) is 0 Å². The minimum absolute atomic E-state index is 0.00979. The van der Waals surface area contributed by atoms with Crippen molar-refractivity contribution >= 4 is 28.4 Å². The zero-order chi connectivity index (χ0) is 17.0. The number of rotatable bonds is 5. The molecule has 0 unspecified atom stereocenters. The van der Waals surface area contributed by atoms with E-state index in [-0.39, 0.29) is 23.3 Å². The SMILES string of the molecule is CC[C@H](C)[C@H](NC(C)=O)C(=O)Nc1ccc2nc[nH]c(=O)c2c1. The smallest absolute Gasteiger partial charge is 0.258 e. The average Bonchev–Trinajstić information content (AvgIpc) is 2.52. The summed E-state index contributed by atoms with van der Waals surface area (Å²) in [5, 5.41) is 5.81. The van der Waals surface area contributed by atoms with Gasteiger partial charge in [0.05, 0.1) is 17.2 Å². The second kappa shape index (κ2) is 7.04. The molecule has 122 valence electrons. The number of hydrogen-bond acceptors (Lipinski definition) is 4. The third-order valence-electron chi connectivity index (χ3n) is 3.76. The van der Waals surface area contributed by atoms with Gasteiger partial charge in [-0.25, -0.2) is 4.98 Å². The lowest BCUT2D eigenvalue weighted by atomic mass is 9.98. The van der Waals surface area contributed by atoms with Crippen LogP contribution in [0.3, 0.4) is 0 Å². The van der Waals surface area contributed by atoms with Crippen molar-refractivity contribution in [2.24, 2.45) is 5.92 Å². The first-order valence-corrected chi connectivity index (χ1v) is 7.47. The van der Waals surface area contributed by atoms with Crippen LogP contribution in [0.15, 0.2) is 29.3 Å². The number of anilines is 1. The molecule has 2 amide bonds. The maximum atomic E-state index is 12.4. The molecule has 0 saturated carbocycles. The molecular formula is C16H20N4O3. The Balaban J connectivity index is 2.25. The van der Waals surface area contributed by atoms with E-state index in [0.717, 1.165) is 6.42 Å². The largest absolute Gasteiger partial charge is 0.344 e. The van der Waals surface area contributed by atoms with Crippen LogP contribution in [0.25, 0.3) is 10.9 Å². The van der Waals surface area contributed by atoms with Crippen LogP contribution in [0.1, 0.15) is 27.2 Å². The summed E-state index contributed by atoms with van der Waals surface area (Å²) in [7, 11) is 0. The van der Waals surface area contributed by atoms with Crippen molar-refractivity contribution in [3.63, 3.8) is 0 Å². The molecule has 0 aliphatic rings. The van der Waals surface area contributed by atoms with Crippen LogP contribution in [0, 0.1) is 5.92 Å². The van der Waals surface area contributed by atoms with E-state index in [2.05, 4.69) is 20.6 Å². The predicted octanol–water partition coefficient (Wildman–Crippen LogP) is 1.41. The highest BCUT2D eigenvalue weighted by Crippen LogP contribution is 2.16. The van der Waals surface area contributed by atoms with Crippen LogP contribution in [-0.4, -0.2) is 27.8 Å². The monoisotopic (exact) mass is 316 g/mol. The molecule has 0 bridgehead atoms. The van der Waals surface area contributed by atoms with Gasteiger partial charge in [-0.05, 0) is 24.1 Å². The molecule has 0 aliphatic heterocycles. The quantitative estimate of drug-likeness (QED) is 0.776. The van der Waals surface area contributed by atoms with Gasteiger partial charge < -0.3 is 15.6 Å². The Morgan fingerprint density at radius 3 is 2.74 bits per heavy atom. The van der Waals surface area contributed by atoms with Crippen molar-refractivity contribution in [2.45, 2.75) is 33.2 Å². The van der Waals surface area contributed by atoms with E-state index in [0.29, 0.717) is 16.6 Å². The van der Waals surface area contributed by atoms with Gasteiger partial charge in [0, 0.05) is 12.6 Å². The van der Waals surface area contributed by atoms with Crippen molar-refractivity contribution < 1.29 is 9.59 Å². The molecule has 0 saturated heterocycles. The van der Waals surface area contributed by atoms with Crippen LogP contribution >= 0.6 is 0 Å². The van der Waals surface area contributed by atoms with Gasteiger partial charge in [0.1, 0.15) is 6.04 Å². The number of hydrogen-bond donors (Lipinski definition) is 3. The maximum absolute atomic E-state index is 12.4. The lowest BCUT2D eigenvalue weighted by Crippen LogP contribution is -2.46. The zero-order valence-electron chi connectivity index (χ0n) is 13.3. The highest BCUT2D eigenvalue weighted by atomic mass is 16.2. The number of benzene rings is 1. The normalized spacial score (nSPS) is 13.3. The molecule has 0 fully saturated rings. The number of carbonyl (C=O) groups excluding carboxylic acids is 2. The first-order valence-electron chi connectivity index (χ1n) is 7.47. The summed E-state index contributed by atoms with van der Waals surface area (Å²) < 4.78 is 0. The third kappa shape index (κ3) is 3.94. The van der Waals surface area contributed by atoms with Gasteiger partial charge in [0.25, 0.3) is 5.56 Å². The highest BCUT2D eigenvalue weighted by molar-refractivity contribution is 5.98. The van der Waals surface area contributed by atoms with Crippen LogP contribution in [-0.2, 0) is 9.59 Å². The van der Waals surface area contributed by atoms with Gasteiger partial charge in [-0.2, -0.15) is 0 Å². The minimum Gasteiger partial charge on any atom is -0.344 e. The van der Waals surface area contributed by atoms with E-state index in [9.17, 15) is 14.4 Å². The summed E-state index contributed by atoms with van der Waals surface area (Å²) in [6.07, 6.45) is 2.08. The van der Waals surface area contributed by atoms with Gasteiger partial charge in [0.15, 0.2) is 0 Å². The molecule has 2 atom stereocenters. The highest BCUT2D eigenvalue weighted by Gasteiger charge is 2.24. The van der Waals surface area contributed by atoms with Crippen LogP contribution in [0.2, 0.25) is 0 Å². The Hall–Kier alpha value is -2.70. The lowest BCUT2D eigenvalue weighted by molar-refractivity contribution is -0.126. The molecule has 0 radical (unpaired) electrons. The molecular weight excluding hydrogens is 296 g/mol. The molecule has 1 aromatic carbocycles. The summed E-state index contributed by atoms with van der Waals surface area (Å²) in [6.45, 7) is 5.23. The van der Waals surface area contributed by atoms with E-state index >= 15 is 0 Å². The number of carbonyl (C=O) groups is 2. The fourth-order valence-electron chi connectivity index (χ4n) is 2.29. The van der Waals surface area contributed by atoms with Crippen molar-refractivity contribution in [3.05, 3.63) is 34.9 Å². The fraction of sp³-hybridized carbons (Fsp3) is 0.375. The topological polar surface area (TPSA) is 104 Å². The first-order chi connectivity index (χ1) is 10.9. The van der Waals surface area contributed by atoms with Gasteiger partial charge in [-0.1, -0.05) is 20.3 Å². The molecule has 0 spiro atoms. The van der Waals surface area contributed by atoms with Gasteiger partial charge in [-0.15, -0.1) is 0 Å². The number of amides is 2. The summed E-state index contributed by atoms with van der Waals surface area (Å²) in [4.78, 5) is 42.1.